The highest BCUT2D eigenvalue weighted by Gasteiger charge is 2.24. The number of carbonyl (C=O) groups excluding carboxylic acids is 1. The third-order valence-corrected chi connectivity index (χ3v) is 4.85. The van der Waals surface area contributed by atoms with Crippen molar-refractivity contribution in [1.29, 1.82) is 0 Å². The number of nitrogens with zero attached hydrogens (tertiary/aromatic N) is 1. The van der Waals surface area contributed by atoms with Gasteiger partial charge < -0.3 is 14.8 Å². The van der Waals surface area contributed by atoms with E-state index < -0.39 is 0 Å². The molecule has 1 unspecified atom stereocenters. The number of hydrogen-bond acceptors (Lipinski definition) is 4. The van der Waals surface area contributed by atoms with Gasteiger partial charge in [0.25, 0.3) is 0 Å². The lowest BCUT2D eigenvalue weighted by Crippen LogP contribution is -2.43. The van der Waals surface area contributed by atoms with Gasteiger partial charge in [-0.3, -0.25) is 9.69 Å². The highest BCUT2D eigenvalue weighted by atomic mass is 16.6. The fourth-order valence-corrected chi connectivity index (χ4v) is 3.41. The topological polar surface area (TPSA) is 50.8 Å². The molecule has 2 aliphatic heterocycles. The zero-order chi connectivity index (χ0) is 17.9. The van der Waals surface area contributed by atoms with Crippen LogP contribution in [-0.2, 0) is 11.3 Å². The maximum absolute atomic E-state index is 12.1. The van der Waals surface area contributed by atoms with Crippen LogP contribution in [0, 0.1) is 11.3 Å². The molecule has 1 saturated heterocycles. The second-order valence-electron chi connectivity index (χ2n) is 8.18. The van der Waals surface area contributed by atoms with Crippen LogP contribution in [-0.4, -0.2) is 43.7 Å². The SMILES string of the molecule is CC(C)(C)C(=O)NCC1CCCN(Cc2ccc3c(c2)OCCO3)C1. The number of piperidine rings is 1. The molecule has 0 bridgehead atoms. The van der Waals surface area contributed by atoms with Crippen molar-refractivity contribution < 1.29 is 14.3 Å². The number of fused-ring (bicyclic) bond motifs is 1. The first-order valence-corrected chi connectivity index (χ1v) is 9.31. The molecule has 0 saturated carbocycles. The van der Waals surface area contributed by atoms with Crippen LogP contribution in [0.1, 0.15) is 39.2 Å². The Bertz CT molecular complexity index is 609. The van der Waals surface area contributed by atoms with E-state index in [9.17, 15) is 4.79 Å². The van der Waals surface area contributed by atoms with E-state index in [2.05, 4.69) is 22.3 Å². The average molecular weight is 346 g/mol. The second kappa shape index (κ2) is 7.65. The van der Waals surface area contributed by atoms with Crippen LogP contribution in [0.5, 0.6) is 11.5 Å². The van der Waals surface area contributed by atoms with E-state index in [1.807, 2.05) is 26.8 Å². The summed E-state index contributed by atoms with van der Waals surface area (Å²) in [5, 5.41) is 3.12. The first kappa shape index (κ1) is 18.1. The Morgan fingerprint density at radius 2 is 2.00 bits per heavy atom. The summed E-state index contributed by atoms with van der Waals surface area (Å²) in [6.45, 7) is 10.9. The van der Waals surface area contributed by atoms with Crippen molar-refractivity contribution in [3.8, 4) is 11.5 Å². The van der Waals surface area contributed by atoms with Crippen LogP contribution in [0.2, 0.25) is 0 Å². The number of hydrogen-bond donors (Lipinski definition) is 1. The summed E-state index contributed by atoms with van der Waals surface area (Å²) in [6, 6.07) is 6.23. The van der Waals surface area contributed by atoms with Crippen molar-refractivity contribution in [3.63, 3.8) is 0 Å². The minimum Gasteiger partial charge on any atom is -0.486 e. The molecule has 2 aliphatic rings. The van der Waals surface area contributed by atoms with Gasteiger partial charge in [-0.25, -0.2) is 0 Å². The maximum atomic E-state index is 12.1. The van der Waals surface area contributed by atoms with Crippen molar-refractivity contribution in [2.75, 3.05) is 32.8 Å². The Morgan fingerprint density at radius 1 is 1.24 bits per heavy atom. The van der Waals surface area contributed by atoms with Crippen LogP contribution in [0.25, 0.3) is 0 Å². The lowest BCUT2D eigenvalue weighted by atomic mass is 9.94. The summed E-state index contributed by atoms with van der Waals surface area (Å²) in [7, 11) is 0. The molecule has 0 aromatic heterocycles. The Labute approximate surface area is 150 Å². The summed E-state index contributed by atoms with van der Waals surface area (Å²) in [5.74, 6) is 2.36. The summed E-state index contributed by atoms with van der Waals surface area (Å²) >= 11 is 0. The third kappa shape index (κ3) is 4.88. The molecule has 1 aromatic rings. The van der Waals surface area contributed by atoms with Crippen LogP contribution >= 0.6 is 0 Å². The molecule has 1 atom stereocenters. The molecule has 1 N–H and O–H groups in total. The summed E-state index contributed by atoms with van der Waals surface area (Å²) in [6.07, 6.45) is 2.36. The van der Waals surface area contributed by atoms with Gasteiger partial charge in [-0.05, 0) is 43.0 Å². The van der Waals surface area contributed by atoms with E-state index >= 15 is 0 Å². The van der Waals surface area contributed by atoms with Gasteiger partial charge in [-0.15, -0.1) is 0 Å². The molecule has 1 amide bonds. The van der Waals surface area contributed by atoms with Gasteiger partial charge >= 0.3 is 0 Å². The van der Waals surface area contributed by atoms with E-state index in [1.165, 1.54) is 18.4 Å². The lowest BCUT2D eigenvalue weighted by Gasteiger charge is -2.33. The van der Waals surface area contributed by atoms with Crippen molar-refractivity contribution >= 4 is 5.91 Å². The van der Waals surface area contributed by atoms with Gasteiger partial charge in [0, 0.05) is 25.0 Å². The van der Waals surface area contributed by atoms with Crippen molar-refractivity contribution in [2.45, 2.75) is 40.2 Å². The van der Waals surface area contributed by atoms with E-state index in [-0.39, 0.29) is 11.3 Å². The Hall–Kier alpha value is -1.75. The fraction of sp³-hybridized carbons (Fsp3) is 0.650. The number of ether oxygens (including phenoxy) is 2. The zero-order valence-electron chi connectivity index (χ0n) is 15.6. The number of nitrogens with one attached hydrogen (secondary N) is 1. The molecule has 0 spiro atoms. The van der Waals surface area contributed by atoms with Crippen LogP contribution in [0.3, 0.4) is 0 Å². The number of likely N-dealkylation sites (tertiary alicyclic amines) is 1. The highest BCUT2D eigenvalue weighted by molar-refractivity contribution is 5.81. The van der Waals surface area contributed by atoms with E-state index in [1.54, 1.807) is 0 Å². The Morgan fingerprint density at radius 3 is 2.76 bits per heavy atom. The van der Waals surface area contributed by atoms with Gasteiger partial charge in [0.1, 0.15) is 13.2 Å². The fourth-order valence-electron chi connectivity index (χ4n) is 3.41. The molecule has 138 valence electrons. The molecule has 5 heteroatoms. The third-order valence-electron chi connectivity index (χ3n) is 4.85. The number of benzene rings is 1. The van der Waals surface area contributed by atoms with Crippen molar-refractivity contribution in [2.24, 2.45) is 11.3 Å². The van der Waals surface area contributed by atoms with Gasteiger partial charge in [-0.2, -0.15) is 0 Å². The van der Waals surface area contributed by atoms with Gasteiger partial charge in [0.15, 0.2) is 11.5 Å². The standard InChI is InChI=1S/C20H30N2O3/c1-20(2,3)19(23)21-12-16-5-4-8-22(14-16)13-15-6-7-17-18(11-15)25-10-9-24-17/h6-7,11,16H,4-5,8-10,12-14H2,1-3H3,(H,21,23). The minimum absolute atomic E-state index is 0.136. The molecule has 0 radical (unpaired) electrons. The predicted octanol–water partition coefficient (Wildman–Crippen LogP) is 2.83. The molecule has 2 heterocycles. The summed E-state index contributed by atoms with van der Waals surface area (Å²) in [4.78, 5) is 14.5. The van der Waals surface area contributed by atoms with Gasteiger partial charge in [0.2, 0.25) is 5.91 Å². The van der Waals surface area contributed by atoms with Crippen LogP contribution in [0.15, 0.2) is 18.2 Å². The molecule has 0 aliphatic carbocycles. The Kier molecular flexibility index (Phi) is 5.52. The zero-order valence-corrected chi connectivity index (χ0v) is 15.6. The largest absolute Gasteiger partial charge is 0.486 e. The highest BCUT2D eigenvalue weighted by Crippen LogP contribution is 2.31. The first-order chi connectivity index (χ1) is 11.9. The van der Waals surface area contributed by atoms with E-state index in [0.717, 1.165) is 37.7 Å². The molecule has 25 heavy (non-hydrogen) atoms. The first-order valence-electron chi connectivity index (χ1n) is 9.31. The minimum atomic E-state index is -0.320. The number of amides is 1. The molecular formula is C20H30N2O3. The molecule has 1 aromatic carbocycles. The molecular weight excluding hydrogens is 316 g/mol. The average Bonchev–Trinajstić information content (AvgIpc) is 2.59. The summed E-state index contributed by atoms with van der Waals surface area (Å²) < 4.78 is 11.3. The summed E-state index contributed by atoms with van der Waals surface area (Å²) in [5.41, 5.74) is 0.933. The van der Waals surface area contributed by atoms with E-state index in [4.69, 9.17) is 9.47 Å². The maximum Gasteiger partial charge on any atom is 0.225 e. The smallest absolute Gasteiger partial charge is 0.225 e. The lowest BCUT2D eigenvalue weighted by molar-refractivity contribution is -0.128. The van der Waals surface area contributed by atoms with E-state index in [0.29, 0.717) is 19.1 Å². The number of rotatable bonds is 4. The Balaban J connectivity index is 1.52. The van der Waals surface area contributed by atoms with Crippen molar-refractivity contribution in [3.05, 3.63) is 23.8 Å². The normalized spacial score (nSPS) is 21.0. The monoisotopic (exact) mass is 346 g/mol. The second-order valence-corrected chi connectivity index (χ2v) is 8.18. The van der Waals surface area contributed by atoms with Gasteiger partial charge in [0.05, 0.1) is 0 Å². The quantitative estimate of drug-likeness (QED) is 0.911. The van der Waals surface area contributed by atoms with Crippen LogP contribution < -0.4 is 14.8 Å². The molecule has 3 rings (SSSR count). The molecule has 5 nitrogen and oxygen atoms in total. The number of carbonyl (C=O) groups is 1. The van der Waals surface area contributed by atoms with Crippen LogP contribution in [0.4, 0.5) is 0 Å². The predicted molar refractivity (Wildman–Crippen MR) is 97.9 cm³/mol. The molecule has 1 fully saturated rings. The van der Waals surface area contributed by atoms with Gasteiger partial charge in [-0.1, -0.05) is 26.8 Å². The van der Waals surface area contributed by atoms with Crippen molar-refractivity contribution in [1.82, 2.24) is 10.2 Å².